The van der Waals surface area contributed by atoms with Crippen molar-refractivity contribution in [2.45, 2.75) is 70.7 Å². The van der Waals surface area contributed by atoms with Gasteiger partial charge in [0.25, 0.3) is 0 Å². The van der Waals surface area contributed by atoms with Gasteiger partial charge < -0.3 is 14.2 Å². The molecule has 0 spiro atoms. The first-order valence-corrected chi connectivity index (χ1v) is 16.6. The Labute approximate surface area is 272 Å². The molecule has 0 N–H and O–H groups in total. The molecule has 234 valence electrons. The fourth-order valence-electron chi connectivity index (χ4n) is 6.89. The van der Waals surface area contributed by atoms with Crippen molar-refractivity contribution < 1.29 is 14.3 Å². The van der Waals surface area contributed by atoms with Crippen LogP contribution in [0.4, 0.5) is 4.79 Å². The third-order valence-corrected chi connectivity index (χ3v) is 9.51. The van der Waals surface area contributed by atoms with Gasteiger partial charge in [0.15, 0.2) is 0 Å². The van der Waals surface area contributed by atoms with E-state index in [1.807, 2.05) is 50.5 Å². The van der Waals surface area contributed by atoms with Crippen molar-refractivity contribution in [3.63, 3.8) is 0 Å². The maximum atomic E-state index is 14.4. The van der Waals surface area contributed by atoms with Crippen LogP contribution in [-0.4, -0.2) is 85.6 Å². The van der Waals surface area contributed by atoms with E-state index in [9.17, 15) is 9.59 Å². The molecule has 44 heavy (non-hydrogen) atoms. The van der Waals surface area contributed by atoms with E-state index in [2.05, 4.69) is 48.6 Å². The Morgan fingerprint density at radius 1 is 1.09 bits per heavy atom. The molecular weight excluding hydrogens is 644 g/mol. The number of piperazine rings is 1. The van der Waals surface area contributed by atoms with E-state index in [-0.39, 0.29) is 11.9 Å². The normalized spacial score (nSPS) is 22.6. The molecule has 2 aromatic heterocycles. The summed E-state index contributed by atoms with van der Waals surface area (Å²) in [6.45, 7) is 9.06. The van der Waals surface area contributed by atoms with Crippen LogP contribution in [-0.2, 0) is 28.9 Å². The van der Waals surface area contributed by atoms with Crippen LogP contribution in [0.3, 0.4) is 0 Å². The van der Waals surface area contributed by atoms with Crippen molar-refractivity contribution in [3.8, 4) is 0 Å². The zero-order chi connectivity index (χ0) is 31.0. The van der Waals surface area contributed by atoms with Crippen LogP contribution in [0, 0.1) is 5.92 Å². The first-order valence-electron chi connectivity index (χ1n) is 15.5. The minimum absolute atomic E-state index is 0.0233. The molecule has 2 aliphatic heterocycles. The topological polar surface area (TPSA) is 83.8 Å². The second kappa shape index (κ2) is 12.8. The molecule has 1 aromatic carbocycles. The summed E-state index contributed by atoms with van der Waals surface area (Å²) in [7, 11) is 0. The molecule has 4 heterocycles. The maximum Gasteiger partial charge on any atom is 0.411 e. The number of rotatable bonds is 4. The molecule has 2 fully saturated rings. The number of benzene rings is 1. The highest BCUT2D eigenvalue weighted by atomic mass is 79.9. The van der Waals surface area contributed by atoms with Crippen LogP contribution in [0.15, 0.2) is 53.7 Å². The van der Waals surface area contributed by atoms with E-state index in [4.69, 9.17) is 21.3 Å². The summed E-state index contributed by atoms with van der Waals surface area (Å²) in [5.41, 5.74) is 3.83. The van der Waals surface area contributed by atoms with Gasteiger partial charge in [0.2, 0.25) is 5.91 Å². The Balaban J connectivity index is 1.32. The molecule has 2 amide bonds. The zero-order valence-corrected chi connectivity index (χ0v) is 27.9. The van der Waals surface area contributed by atoms with Gasteiger partial charge in [0.1, 0.15) is 11.6 Å². The summed E-state index contributed by atoms with van der Waals surface area (Å²) >= 11 is 10.1. The SMILES string of the molecule is CC(C)(C)OC(=O)N1CCN([C@@H]2c3ccc(Cl)cc3CCc3cc(Br)cnc32)C[C@@H]1C(=O)N1CCC[C@H](Cn2ccnc2)C1. The van der Waals surface area contributed by atoms with Crippen LogP contribution >= 0.6 is 27.5 Å². The van der Waals surface area contributed by atoms with Crippen LogP contribution in [0.5, 0.6) is 0 Å². The number of carbonyl (C=O) groups excluding carboxylic acids is 2. The minimum Gasteiger partial charge on any atom is -0.444 e. The lowest BCUT2D eigenvalue weighted by Crippen LogP contribution is -2.63. The van der Waals surface area contributed by atoms with Gasteiger partial charge in [-0.3, -0.25) is 19.6 Å². The second-order valence-corrected chi connectivity index (χ2v) is 14.5. The van der Waals surface area contributed by atoms with Gasteiger partial charge in [-0.05, 0) is 103 Å². The van der Waals surface area contributed by atoms with Crippen LogP contribution < -0.4 is 0 Å². The van der Waals surface area contributed by atoms with Crippen molar-refractivity contribution in [2.24, 2.45) is 5.92 Å². The average molecular weight is 684 g/mol. The van der Waals surface area contributed by atoms with Gasteiger partial charge in [-0.15, -0.1) is 0 Å². The number of aromatic nitrogens is 3. The highest BCUT2D eigenvalue weighted by Gasteiger charge is 2.43. The quantitative estimate of drug-likeness (QED) is 0.349. The number of nitrogens with zero attached hydrogens (tertiary/aromatic N) is 6. The highest BCUT2D eigenvalue weighted by molar-refractivity contribution is 9.10. The molecule has 1 aliphatic carbocycles. The standard InChI is InChI=1S/C33H40BrClN6O3/c1-33(2,3)44-32(43)41-14-13-39(20-28(41)31(42)40-11-4-5-22(19-40)18-38-12-10-36-21-38)30-27-9-8-26(35)16-23(27)6-7-24-15-25(34)17-37-29(24)30/h8-10,12,15-17,21-22,28,30H,4-7,11,13-14,18-20H2,1-3H3/t22-,28-,30-/m1/s1. The molecule has 3 atom stereocenters. The first-order chi connectivity index (χ1) is 21.1. The molecule has 9 nitrogen and oxygen atoms in total. The molecule has 0 bridgehead atoms. The number of imidazole rings is 1. The van der Waals surface area contributed by atoms with E-state index < -0.39 is 17.7 Å². The van der Waals surface area contributed by atoms with Crippen molar-refractivity contribution >= 4 is 39.5 Å². The smallest absolute Gasteiger partial charge is 0.411 e. The van der Waals surface area contributed by atoms with E-state index in [1.54, 1.807) is 11.1 Å². The molecule has 3 aromatic rings. The number of carbonyl (C=O) groups is 2. The van der Waals surface area contributed by atoms with Gasteiger partial charge >= 0.3 is 6.09 Å². The fraction of sp³-hybridized carbons (Fsp3) is 0.515. The maximum absolute atomic E-state index is 14.4. The lowest BCUT2D eigenvalue weighted by atomic mass is 9.94. The Hall–Kier alpha value is -2.95. The summed E-state index contributed by atoms with van der Waals surface area (Å²) < 4.78 is 8.85. The minimum atomic E-state index is -0.677. The molecule has 2 saturated heterocycles. The molecule has 3 aliphatic rings. The zero-order valence-electron chi connectivity index (χ0n) is 25.6. The molecule has 0 saturated carbocycles. The van der Waals surface area contributed by atoms with Crippen LogP contribution in [0.25, 0.3) is 0 Å². The summed E-state index contributed by atoms with van der Waals surface area (Å²) in [6.07, 6.45) is 10.6. The molecule has 11 heteroatoms. The Bertz CT molecular complexity index is 1460. The number of likely N-dealkylation sites (tertiary alicyclic amines) is 1. The molecule has 6 rings (SSSR count). The molecule has 0 radical (unpaired) electrons. The van der Waals surface area contributed by atoms with Crippen LogP contribution in [0.2, 0.25) is 5.02 Å². The summed E-state index contributed by atoms with van der Waals surface area (Å²) in [5, 5.41) is 0.709. The van der Waals surface area contributed by atoms with E-state index >= 15 is 0 Å². The number of hydrogen-bond donors (Lipinski definition) is 0. The highest BCUT2D eigenvalue weighted by Crippen LogP contribution is 2.39. The molecular formula is C33H40BrClN6O3. The van der Waals surface area contributed by atoms with Gasteiger partial charge in [-0.1, -0.05) is 17.7 Å². The largest absolute Gasteiger partial charge is 0.444 e. The summed E-state index contributed by atoms with van der Waals surface area (Å²) in [5.74, 6) is 0.300. The van der Waals surface area contributed by atoms with E-state index in [1.165, 1.54) is 11.1 Å². The Morgan fingerprint density at radius 2 is 1.91 bits per heavy atom. The lowest BCUT2D eigenvalue weighted by Gasteiger charge is -2.46. The fourth-order valence-corrected chi connectivity index (χ4v) is 7.46. The Morgan fingerprint density at radius 3 is 2.68 bits per heavy atom. The van der Waals surface area contributed by atoms with E-state index in [0.717, 1.165) is 48.0 Å². The predicted molar refractivity (Wildman–Crippen MR) is 172 cm³/mol. The summed E-state index contributed by atoms with van der Waals surface area (Å²) in [4.78, 5) is 43.1. The summed E-state index contributed by atoms with van der Waals surface area (Å²) in [6, 6.07) is 7.40. The number of halogens is 2. The van der Waals surface area contributed by atoms with Gasteiger partial charge in [0.05, 0.1) is 18.1 Å². The number of fused-ring (bicyclic) bond motifs is 2. The van der Waals surface area contributed by atoms with Gasteiger partial charge in [0, 0.05) is 67.4 Å². The number of piperidine rings is 1. The Kier molecular flexibility index (Phi) is 9.04. The number of pyridine rings is 1. The predicted octanol–water partition coefficient (Wildman–Crippen LogP) is 5.74. The van der Waals surface area contributed by atoms with Crippen LogP contribution in [0.1, 0.15) is 62.0 Å². The second-order valence-electron chi connectivity index (χ2n) is 13.2. The van der Waals surface area contributed by atoms with Crippen molar-refractivity contribution in [3.05, 3.63) is 81.1 Å². The number of hydrogen-bond acceptors (Lipinski definition) is 6. The van der Waals surface area contributed by atoms with Crippen molar-refractivity contribution in [1.29, 1.82) is 0 Å². The van der Waals surface area contributed by atoms with Gasteiger partial charge in [-0.25, -0.2) is 9.78 Å². The number of aryl methyl sites for hydroxylation is 2. The van der Waals surface area contributed by atoms with Gasteiger partial charge in [-0.2, -0.15) is 0 Å². The third kappa shape index (κ3) is 6.82. The third-order valence-electron chi connectivity index (χ3n) is 8.84. The van der Waals surface area contributed by atoms with E-state index in [0.29, 0.717) is 43.7 Å². The number of amides is 2. The number of ether oxygens (including phenoxy) is 1. The average Bonchev–Trinajstić information content (AvgIpc) is 3.44. The molecule has 0 unspecified atom stereocenters. The van der Waals surface area contributed by atoms with Crippen molar-refractivity contribution in [2.75, 3.05) is 32.7 Å². The lowest BCUT2D eigenvalue weighted by molar-refractivity contribution is -0.141. The van der Waals surface area contributed by atoms with Crippen molar-refractivity contribution in [1.82, 2.24) is 29.2 Å². The first kappa shape index (κ1) is 31.0. The monoisotopic (exact) mass is 682 g/mol.